The number of hydrogen-bond acceptors (Lipinski definition) is 2. The number of aliphatic hydroxyl groups excluding tert-OH is 1. The fourth-order valence-electron chi connectivity index (χ4n) is 3.81. The molecule has 2 aliphatic heterocycles. The molecule has 4 atom stereocenters. The molecule has 72 valence electrons. The van der Waals surface area contributed by atoms with Crippen LogP contribution in [0.2, 0.25) is 0 Å². The summed E-state index contributed by atoms with van der Waals surface area (Å²) in [7, 11) is 0. The Balaban J connectivity index is 2.10. The van der Waals surface area contributed by atoms with Crippen molar-refractivity contribution in [1.29, 1.82) is 0 Å². The Morgan fingerprint density at radius 1 is 1.46 bits per heavy atom. The number of aliphatic hydroxyl groups is 1. The average molecular weight is 181 g/mol. The molecule has 0 unspecified atom stereocenters. The molecular formula is C10H15NO2. The van der Waals surface area contributed by atoms with Crippen molar-refractivity contribution < 1.29 is 9.90 Å². The number of hydrogen-bond donors (Lipinski definition) is 1. The van der Waals surface area contributed by atoms with E-state index in [9.17, 15) is 9.90 Å². The van der Waals surface area contributed by atoms with Crippen LogP contribution in [0.4, 0.5) is 0 Å². The summed E-state index contributed by atoms with van der Waals surface area (Å²) in [4.78, 5) is 13.6. The Morgan fingerprint density at radius 3 is 3.00 bits per heavy atom. The normalized spacial score (nSPS) is 53.2. The first-order valence-corrected chi connectivity index (χ1v) is 5.15. The van der Waals surface area contributed by atoms with E-state index < -0.39 is 6.10 Å². The Kier molecular flexibility index (Phi) is 1.25. The van der Waals surface area contributed by atoms with E-state index in [2.05, 4.69) is 6.92 Å². The van der Waals surface area contributed by atoms with Gasteiger partial charge in [0.2, 0.25) is 0 Å². The van der Waals surface area contributed by atoms with Crippen molar-refractivity contribution >= 4 is 5.91 Å². The van der Waals surface area contributed by atoms with Crippen molar-refractivity contribution in [2.24, 2.45) is 11.8 Å². The molecule has 1 N–H and O–H groups in total. The van der Waals surface area contributed by atoms with Gasteiger partial charge in [0.05, 0.1) is 0 Å². The maximum atomic E-state index is 11.7. The summed E-state index contributed by atoms with van der Waals surface area (Å²) in [5.41, 5.74) is 0.0104. The first-order valence-electron chi connectivity index (χ1n) is 5.15. The van der Waals surface area contributed by atoms with Gasteiger partial charge in [0.1, 0.15) is 6.10 Å². The second-order valence-electron chi connectivity index (χ2n) is 4.83. The SMILES string of the molecule is C[C@@]12[C@H]3CC[C@@H]1[C@H](O)C(=O)N2CC3. The van der Waals surface area contributed by atoms with E-state index in [0.29, 0.717) is 5.92 Å². The molecule has 1 aliphatic carbocycles. The summed E-state index contributed by atoms with van der Waals surface area (Å²) in [6.45, 7) is 3.03. The number of nitrogens with zero attached hydrogens (tertiary/aromatic N) is 1. The minimum absolute atomic E-state index is 0.0104. The average Bonchev–Trinajstić information content (AvgIpc) is 2.62. The van der Waals surface area contributed by atoms with Crippen LogP contribution in [0.5, 0.6) is 0 Å². The Hall–Kier alpha value is -0.570. The van der Waals surface area contributed by atoms with Crippen molar-refractivity contribution in [2.45, 2.75) is 37.8 Å². The third kappa shape index (κ3) is 0.654. The summed E-state index contributed by atoms with van der Waals surface area (Å²) in [5, 5.41) is 9.76. The van der Waals surface area contributed by atoms with E-state index >= 15 is 0 Å². The van der Waals surface area contributed by atoms with Crippen LogP contribution >= 0.6 is 0 Å². The van der Waals surface area contributed by atoms with Crippen molar-refractivity contribution in [3.8, 4) is 0 Å². The van der Waals surface area contributed by atoms with Crippen molar-refractivity contribution in [3.63, 3.8) is 0 Å². The smallest absolute Gasteiger partial charge is 0.252 e. The highest BCUT2D eigenvalue weighted by atomic mass is 16.3. The van der Waals surface area contributed by atoms with Gasteiger partial charge in [-0.1, -0.05) is 0 Å². The van der Waals surface area contributed by atoms with Crippen LogP contribution in [0.3, 0.4) is 0 Å². The molecule has 2 heterocycles. The van der Waals surface area contributed by atoms with Crippen LogP contribution in [-0.4, -0.2) is 34.1 Å². The summed E-state index contributed by atoms with van der Waals surface area (Å²) in [5.74, 6) is 0.848. The van der Waals surface area contributed by atoms with E-state index in [1.54, 1.807) is 0 Å². The van der Waals surface area contributed by atoms with Crippen molar-refractivity contribution in [1.82, 2.24) is 4.90 Å². The standard InChI is InChI=1S/C10H15NO2/c1-10-6-2-3-7(10)8(12)9(13)11(10)5-4-6/h6-8,12H,2-5H2,1H3/t6-,7+,8-,10+/m0/s1. The lowest BCUT2D eigenvalue weighted by molar-refractivity contribution is -0.136. The lowest BCUT2D eigenvalue weighted by Crippen LogP contribution is -2.42. The van der Waals surface area contributed by atoms with Gasteiger partial charge in [0.15, 0.2) is 0 Å². The van der Waals surface area contributed by atoms with Crippen LogP contribution in [0, 0.1) is 11.8 Å². The third-order valence-corrected chi connectivity index (χ3v) is 4.59. The maximum absolute atomic E-state index is 11.7. The highest BCUT2D eigenvalue weighted by Gasteiger charge is 2.64. The molecule has 3 heteroatoms. The molecular weight excluding hydrogens is 166 g/mol. The number of carbonyl (C=O) groups excluding carboxylic acids is 1. The van der Waals surface area contributed by atoms with Crippen LogP contribution in [-0.2, 0) is 4.79 Å². The van der Waals surface area contributed by atoms with Crippen molar-refractivity contribution in [3.05, 3.63) is 0 Å². The van der Waals surface area contributed by atoms with Crippen LogP contribution in [0.15, 0.2) is 0 Å². The second-order valence-corrected chi connectivity index (χ2v) is 4.83. The van der Waals surface area contributed by atoms with E-state index in [4.69, 9.17) is 0 Å². The van der Waals surface area contributed by atoms with Crippen molar-refractivity contribution in [2.75, 3.05) is 6.54 Å². The Morgan fingerprint density at radius 2 is 2.23 bits per heavy atom. The van der Waals surface area contributed by atoms with Crippen LogP contribution in [0.25, 0.3) is 0 Å². The number of amides is 1. The molecule has 1 amide bonds. The molecule has 1 saturated carbocycles. The highest BCUT2D eigenvalue weighted by molar-refractivity contribution is 5.85. The van der Waals surface area contributed by atoms with E-state index in [1.807, 2.05) is 4.90 Å². The summed E-state index contributed by atoms with van der Waals surface area (Å²) < 4.78 is 0. The largest absolute Gasteiger partial charge is 0.383 e. The van der Waals surface area contributed by atoms with Gasteiger partial charge in [-0.2, -0.15) is 0 Å². The minimum Gasteiger partial charge on any atom is -0.383 e. The van der Waals surface area contributed by atoms with Gasteiger partial charge in [-0.05, 0) is 32.1 Å². The van der Waals surface area contributed by atoms with Gasteiger partial charge >= 0.3 is 0 Å². The lowest BCUT2D eigenvalue weighted by atomic mass is 9.84. The fourth-order valence-corrected chi connectivity index (χ4v) is 3.81. The monoisotopic (exact) mass is 181 g/mol. The molecule has 0 bridgehead atoms. The molecule has 3 aliphatic rings. The van der Waals surface area contributed by atoms with Gasteiger partial charge < -0.3 is 10.0 Å². The lowest BCUT2D eigenvalue weighted by Gasteiger charge is -2.31. The van der Waals surface area contributed by atoms with Crippen LogP contribution in [0.1, 0.15) is 26.2 Å². The van der Waals surface area contributed by atoms with Gasteiger partial charge in [0, 0.05) is 18.0 Å². The van der Waals surface area contributed by atoms with E-state index in [1.165, 1.54) is 6.42 Å². The third-order valence-electron chi connectivity index (χ3n) is 4.59. The molecule has 0 spiro atoms. The fraction of sp³-hybridized carbons (Fsp3) is 0.900. The molecule has 3 nitrogen and oxygen atoms in total. The zero-order chi connectivity index (χ0) is 9.22. The molecule has 3 rings (SSSR count). The summed E-state index contributed by atoms with van der Waals surface area (Å²) >= 11 is 0. The predicted octanol–water partition coefficient (Wildman–Crippen LogP) is 0.378. The minimum atomic E-state index is -0.699. The van der Waals surface area contributed by atoms with Gasteiger partial charge in [0.25, 0.3) is 5.91 Å². The zero-order valence-corrected chi connectivity index (χ0v) is 7.86. The topological polar surface area (TPSA) is 40.5 Å². The molecule has 0 aromatic rings. The molecule has 13 heavy (non-hydrogen) atoms. The first kappa shape index (κ1) is 7.80. The molecule has 0 aromatic carbocycles. The second kappa shape index (κ2) is 2.08. The zero-order valence-electron chi connectivity index (χ0n) is 7.86. The quantitative estimate of drug-likeness (QED) is 0.587. The predicted molar refractivity (Wildman–Crippen MR) is 47.0 cm³/mol. The van der Waals surface area contributed by atoms with Gasteiger partial charge in [-0.25, -0.2) is 0 Å². The molecule has 0 aromatic heterocycles. The number of carbonyl (C=O) groups is 1. The highest BCUT2D eigenvalue weighted by Crippen LogP contribution is 2.55. The van der Waals surface area contributed by atoms with Crippen LogP contribution < -0.4 is 0 Å². The van der Waals surface area contributed by atoms with Gasteiger partial charge in [-0.15, -0.1) is 0 Å². The molecule has 2 saturated heterocycles. The number of rotatable bonds is 0. The van der Waals surface area contributed by atoms with E-state index in [0.717, 1.165) is 19.4 Å². The molecule has 3 fully saturated rings. The van der Waals surface area contributed by atoms with Gasteiger partial charge in [-0.3, -0.25) is 4.79 Å². The Labute approximate surface area is 77.7 Å². The van der Waals surface area contributed by atoms with E-state index in [-0.39, 0.29) is 17.4 Å². The Bertz CT molecular complexity index is 278. The summed E-state index contributed by atoms with van der Waals surface area (Å²) in [6, 6.07) is 0. The maximum Gasteiger partial charge on any atom is 0.252 e. The summed E-state index contributed by atoms with van der Waals surface area (Å²) in [6.07, 6.45) is 2.67. The molecule has 0 radical (unpaired) electrons. The first-order chi connectivity index (χ1) is 6.15.